The van der Waals surface area contributed by atoms with E-state index in [9.17, 15) is 9.59 Å². The van der Waals surface area contributed by atoms with Crippen molar-refractivity contribution in [2.45, 2.75) is 25.2 Å². The van der Waals surface area contributed by atoms with Crippen LogP contribution in [0.3, 0.4) is 0 Å². The predicted molar refractivity (Wildman–Crippen MR) is 64.6 cm³/mol. The third kappa shape index (κ3) is 2.71. The molecule has 1 saturated carbocycles. The zero-order valence-corrected chi connectivity index (χ0v) is 9.61. The summed E-state index contributed by atoms with van der Waals surface area (Å²) in [5.74, 6) is 0.496. The molecular formula is C13H16N2O2. The van der Waals surface area contributed by atoms with Crippen molar-refractivity contribution in [1.29, 1.82) is 0 Å². The number of nitrogens with two attached hydrogens (primary N) is 1. The molecule has 1 aliphatic rings. The summed E-state index contributed by atoms with van der Waals surface area (Å²) in [5, 5.41) is 2.54. The highest BCUT2D eigenvalue weighted by atomic mass is 16.1. The Bertz CT molecular complexity index is 426. The number of amides is 1. The Morgan fingerprint density at radius 3 is 2.59 bits per heavy atom. The topological polar surface area (TPSA) is 72.2 Å². The van der Waals surface area contributed by atoms with E-state index in [-0.39, 0.29) is 12.6 Å². The van der Waals surface area contributed by atoms with Crippen LogP contribution in [0.15, 0.2) is 24.3 Å². The molecule has 3 N–H and O–H groups in total. The van der Waals surface area contributed by atoms with Crippen LogP contribution in [0.4, 0.5) is 0 Å². The van der Waals surface area contributed by atoms with Gasteiger partial charge in [-0.25, -0.2) is 0 Å². The standard InChI is InChI=1S/C13H16N2O2/c14-8-15-13(17)10-3-1-9(2-4-10)11-5-6-12(16)7-11/h1-4,11H,5-8,14H2,(H,15,17)/t11-/m0/s1. The number of hydrogen-bond acceptors (Lipinski definition) is 3. The molecule has 4 nitrogen and oxygen atoms in total. The van der Waals surface area contributed by atoms with E-state index in [2.05, 4.69) is 5.32 Å². The lowest BCUT2D eigenvalue weighted by Gasteiger charge is -2.09. The number of nitrogens with one attached hydrogen (secondary N) is 1. The Kier molecular flexibility index (Phi) is 3.54. The van der Waals surface area contributed by atoms with Crippen molar-refractivity contribution in [1.82, 2.24) is 5.32 Å². The molecule has 0 spiro atoms. The summed E-state index contributed by atoms with van der Waals surface area (Å²) < 4.78 is 0. The van der Waals surface area contributed by atoms with Crippen LogP contribution in [-0.4, -0.2) is 18.4 Å². The van der Waals surface area contributed by atoms with Crippen LogP contribution < -0.4 is 11.1 Å². The number of benzene rings is 1. The minimum atomic E-state index is -0.165. The van der Waals surface area contributed by atoms with Gasteiger partial charge < -0.3 is 11.1 Å². The molecular weight excluding hydrogens is 216 g/mol. The monoisotopic (exact) mass is 232 g/mol. The van der Waals surface area contributed by atoms with E-state index >= 15 is 0 Å². The van der Waals surface area contributed by atoms with Crippen molar-refractivity contribution >= 4 is 11.7 Å². The third-order valence-electron chi connectivity index (χ3n) is 3.15. The first kappa shape index (κ1) is 11.8. The maximum atomic E-state index is 11.5. The highest BCUT2D eigenvalue weighted by molar-refractivity contribution is 5.94. The van der Waals surface area contributed by atoms with Gasteiger partial charge in [-0.05, 0) is 30.0 Å². The van der Waals surface area contributed by atoms with E-state index in [0.29, 0.717) is 30.1 Å². The zero-order valence-electron chi connectivity index (χ0n) is 9.61. The van der Waals surface area contributed by atoms with Gasteiger partial charge in [-0.15, -0.1) is 0 Å². The van der Waals surface area contributed by atoms with Crippen LogP contribution in [0, 0.1) is 0 Å². The fraction of sp³-hybridized carbons (Fsp3) is 0.385. The normalized spacial score (nSPS) is 19.4. The highest BCUT2D eigenvalue weighted by Crippen LogP contribution is 2.31. The summed E-state index contributed by atoms with van der Waals surface area (Å²) >= 11 is 0. The Morgan fingerprint density at radius 1 is 1.35 bits per heavy atom. The molecule has 1 aliphatic carbocycles. The minimum absolute atomic E-state index is 0.137. The van der Waals surface area contributed by atoms with Crippen molar-refractivity contribution in [2.75, 3.05) is 6.67 Å². The van der Waals surface area contributed by atoms with Gasteiger partial charge in [0.05, 0.1) is 6.67 Å². The van der Waals surface area contributed by atoms with E-state index in [1.165, 1.54) is 0 Å². The van der Waals surface area contributed by atoms with Crippen LogP contribution in [0.25, 0.3) is 0 Å². The maximum absolute atomic E-state index is 11.5. The number of carbonyl (C=O) groups is 2. The number of ketones is 1. The van der Waals surface area contributed by atoms with Crippen LogP contribution in [0.2, 0.25) is 0 Å². The average molecular weight is 232 g/mol. The third-order valence-corrected chi connectivity index (χ3v) is 3.15. The lowest BCUT2D eigenvalue weighted by molar-refractivity contribution is -0.117. The summed E-state index contributed by atoms with van der Waals surface area (Å²) in [6.45, 7) is 0.137. The first-order chi connectivity index (χ1) is 8.20. The van der Waals surface area contributed by atoms with Gasteiger partial charge in [0.2, 0.25) is 0 Å². The quantitative estimate of drug-likeness (QED) is 0.768. The zero-order chi connectivity index (χ0) is 12.3. The molecule has 1 aromatic carbocycles. The van der Waals surface area contributed by atoms with Crippen LogP contribution >= 0.6 is 0 Å². The Balaban J connectivity index is 2.07. The van der Waals surface area contributed by atoms with E-state index in [1.807, 2.05) is 12.1 Å². The van der Waals surface area contributed by atoms with E-state index in [1.54, 1.807) is 12.1 Å². The predicted octanol–water partition coefficient (Wildman–Crippen LogP) is 1.17. The Morgan fingerprint density at radius 2 is 2.06 bits per heavy atom. The maximum Gasteiger partial charge on any atom is 0.252 e. The van der Waals surface area contributed by atoms with E-state index in [4.69, 9.17) is 5.73 Å². The molecule has 0 bridgehead atoms. The van der Waals surface area contributed by atoms with Gasteiger partial charge in [0.1, 0.15) is 5.78 Å². The summed E-state index contributed by atoms with van der Waals surface area (Å²) in [6, 6.07) is 7.41. The van der Waals surface area contributed by atoms with Crippen molar-refractivity contribution in [3.8, 4) is 0 Å². The first-order valence-corrected chi connectivity index (χ1v) is 5.80. The molecule has 0 radical (unpaired) electrons. The highest BCUT2D eigenvalue weighted by Gasteiger charge is 2.23. The van der Waals surface area contributed by atoms with Gasteiger partial charge in [-0.3, -0.25) is 9.59 Å². The lowest BCUT2D eigenvalue weighted by Crippen LogP contribution is -2.29. The molecule has 2 rings (SSSR count). The number of Topliss-reactive ketones (excluding diaryl/α,β-unsaturated/α-hetero) is 1. The molecule has 17 heavy (non-hydrogen) atoms. The molecule has 4 heteroatoms. The van der Waals surface area contributed by atoms with Gasteiger partial charge in [-0.1, -0.05) is 12.1 Å². The number of rotatable bonds is 3. The fourth-order valence-electron chi connectivity index (χ4n) is 2.20. The van der Waals surface area contributed by atoms with Gasteiger partial charge in [0.25, 0.3) is 5.91 Å². The van der Waals surface area contributed by atoms with Crippen LogP contribution in [-0.2, 0) is 4.79 Å². The van der Waals surface area contributed by atoms with Crippen LogP contribution in [0.1, 0.15) is 41.1 Å². The van der Waals surface area contributed by atoms with Gasteiger partial charge in [0, 0.05) is 18.4 Å². The van der Waals surface area contributed by atoms with Gasteiger partial charge in [0.15, 0.2) is 0 Å². The average Bonchev–Trinajstić information content (AvgIpc) is 2.76. The summed E-state index contributed by atoms with van der Waals surface area (Å²) in [7, 11) is 0. The molecule has 1 atom stereocenters. The molecule has 0 aliphatic heterocycles. The number of carbonyl (C=O) groups excluding carboxylic acids is 2. The molecule has 0 saturated heterocycles. The van der Waals surface area contributed by atoms with Crippen molar-refractivity contribution < 1.29 is 9.59 Å². The second-order valence-electron chi connectivity index (χ2n) is 4.31. The second-order valence-corrected chi connectivity index (χ2v) is 4.31. The summed E-state index contributed by atoms with van der Waals surface area (Å²) in [6.07, 6.45) is 2.24. The van der Waals surface area contributed by atoms with Crippen molar-refractivity contribution in [2.24, 2.45) is 5.73 Å². The first-order valence-electron chi connectivity index (χ1n) is 5.80. The fourth-order valence-corrected chi connectivity index (χ4v) is 2.20. The Labute approximate surface area is 100 Å². The number of hydrogen-bond donors (Lipinski definition) is 2. The molecule has 1 aromatic rings. The second kappa shape index (κ2) is 5.10. The molecule has 0 heterocycles. The molecule has 1 fully saturated rings. The SMILES string of the molecule is NCNC(=O)c1ccc([C@H]2CCC(=O)C2)cc1. The lowest BCUT2D eigenvalue weighted by atomic mass is 9.96. The smallest absolute Gasteiger partial charge is 0.252 e. The van der Waals surface area contributed by atoms with Gasteiger partial charge >= 0.3 is 0 Å². The molecule has 90 valence electrons. The summed E-state index contributed by atoms with van der Waals surface area (Å²) in [4.78, 5) is 22.7. The molecule has 1 amide bonds. The van der Waals surface area contributed by atoms with Crippen molar-refractivity contribution in [3.63, 3.8) is 0 Å². The van der Waals surface area contributed by atoms with Gasteiger partial charge in [-0.2, -0.15) is 0 Å². The minimum Gasteiger partial charge on any atom is -0.340 e. The van der Waals surface area contributed by atoms with E-state index in [0.717, 1.165) is 12.0 Å². The van der Waals surface area contributed by atoms with Crippen molar-refractivity contribution in [3.05, 3.63) is 35.4 Å². The largest absolute Gasteiger partial charge is 0.340 e. The van der Waals surface area contributed by atoms with E-state index < -0.39 is 0 Å². The van der Waals surface area contributed by atoms with Crippen LogP contribution in [0.5, 0.6) is 0 Å². The molecule has 0 unspecified atom stereocenters. The summed E-state index contributed by atoms with van der Waals surface area (Å²) in [5.41, 5.74) is 6.98. The molecule has 0 aromatic heterocycles. The Hall–Kier alpha value is -1.68.